The highest BCUT2D eigenvalue weighted by atomic mass is 32.2. The van der Waals surface area contributed by atoms with Crippen molar-refractivity contribution in [2.24, 2.45) is 0 Å². The summed E-state index contributed by atoms with van der Waals surface area (Å²) in [4.78, 5) is 3.92. The first-order valence-electron chi connectivity index (χ1n) is 4.82. The summed E-state index contributed by atoms with van der Waals surface area (Å²) in [5, 5.41) is 1.12. The third kappa shape index (κ3) is 2.81. The molecular weight excluding hydrogens is 287 g/mol. The van der Waals surface area contributed by atoms with Crippen LogP contribution in [0.15, 0.2) is 27.0 Å². The Hall–Kier alpha value is -1.15. The minimum atomic E-state index is -4.46. The first-order chi connectivity index (χ1) is 8.38. The normalized spacial score (nSPS) is 13.8. The van der Waals surface area contributed by atoms with Crippen LogP contribution in [0.3, 0.4) is 0 Å². The van der Waals surface area contributed by atoms with Gasteiger partial charge in [0.15, 0.2) is 5.69 Å². The van der Waals surface area contributed by atoms with Crippen LogP contribution in [0.25, 0.3) is 0 Å². The molecule has 0 bridgehead atoms. The molecule has 2 rings (SSSR count). The van der Waals surface area contributed by atoms with Gasteiger partial charge in [-0.2, -0.15) is 13.2 Å². The van der Waals surface area contributed by atoms with Crippen LogP contribution < -0.4 is 0 Å². The molecule has 0 aliphatic heterocycles. The van der Waals surface area contributed by atoms with Gasteiger partial charge in [0.2, 0.25) is 0 Å². The predicted molar refractivity (Wildman–Crippen MR) is 60.7 cm³/mol. The van der Waals surface area contributed by atoms with Crippen molar-refractivity contribution >= 4 is 22.1 Å². The number of rotatable bonds is 3. The molecule has 0 N–H and O–H groups in total. The molecule has 0 aliphatic carbocycles. The molecule has 2 aromatic rings. The summed E-state index contributed by atoms with van der Waals surface area (Å²) in [5.41, 5.74) is -0.941. The van der Waals surface area contributed by atoms with Crippen LogP contribution in [0.4, 0.5) is 13.2 Å². The average Bonchev–Trinajstić information content (AvgIpc) is 2.85. The fraction of sp³-hybridized carbons (Fsp3) is 0.300. The van der Waals surface area contributed by atoms with Gasteiger partial charge in [0.25, 0.3) is 0 Å². The van der Waals surface area contributed by atoms with Gasteiger partial charge in [-0.3, -0.25) is 4.21 Å². The van der Waals surface area contributed by atoms with Gasteiger partial charge in [-0.15, -0.1) is 11.3 Å². The number of aryl methyl sites for hydroxylation is 1. The van der Waals surface area contributed by atoms with E-state index < -0.39 is 22.7 Å². The van der Waals surface area contributed by atoms with Crippen LogP contribution in [0.5, 0.6) is 0 Å². The van der Waals surface area contributed by atoms with E-state index in [4.69, 9.17) is 4.42 Å². The Morgan fingerprint density at radius 1 is 1.50 bits per heavy atom. The van der Waals surface area contributed by atoms with Crippen LogP contribution in [0, 0.1) is 6.92 Å². The van der Waals surface area contributed by atoms with Crippen LogP contribution in [-0.2, 0) is 22.7 Å². The highest BCUT2D eigenvalue weighted by molar-refractivity contribution is 7.84. The maximum atomic E-state index is 12.3. The molecule has 1 atom stereocenters. The largest absolute Gasteiger partial charge is 0.468 e. The van der Waals surface area contributed by atoms with Gasteiger partial charge in [0.05, 0.1) is 27.7 Å². The lowest BCUT2D eigenvalue weighted by Gasteiger charge is -2.00. The summed E-state index contributed by atoms with van der Waals surface area (Å²) in [6, 6.07) is 1.55. The highest BCUT2D eigenvalue weighted by Crippen LogP contribution is 2.30. The number of nitrogens with zero attached hydrogens (tertiary/aromatic N) is 1. The molecule has 98 valence electrons. The first-order valence-corrected chi connectivity index (χ1v) is 7.02. The van der Waals surface area contributed by atoms with Gasteiger partial charge in [-0.25, -0.2) is 4.98 Å². The molecule has 0 aliphatic rings. The monoisotopic (exact) mass is 295 g/mol. The van der Waals surface area contributed by atoms with Gasteiger partial charge < -0.3 is 4.42 Å². The standard InChI is InChI=1S/C10H8F3NO2S2/c1-6-7(2-3-16-6)18(15)5-9-14-8(4-17-9)10(11,12)13/h2-4H,5H2,1H3/t18-/m0/s1. The second-order valence-electron chi connectivity index (χ2n) is 3.46. The number of hydrogen-bond acceptors (Lipinski definition) is 4. The van der Waals surface area contributed by atoms with E-state index in [0.717, 1.165) is 16.7 Å². The fourth-order valence-corrected chi connectivity index (χ4v) is 3.51. The molecule has 8 heteroatoms. The quantitative estimate of drug-likeness (QED) is 0.872. The minimum Gasteiger partial charge on any atom is -0.468 e. The Kier molecular flexibility index (Phi) is 3.58. The second-order valence-corrected chi connectivity index (χ2v) is 5.82. The summed E-state index contributed by atoms with van der Waals surface area (Å²) >= 11 is 0.853. The van der Waals surface area contributed by atoms with Crippen molar-refractivity contribution in [3.8, 4) is 0 Å². The Labute approximate surface area is 107 Å². The molecule has 2 heterocycles. The van der Waals surface area contributed by atoms with E-state index >= 15 is 0 Å². The van der Waals surface area contributed by atoms with Gasteiger partial charge in [0.1, 0.15) is 10.8 Å². The average molecular weight is 295 g/mol. The Bertz CT molecular complexity index is 574. The molecule has 0 unspecified atom stereocenters. The third-order valence-corrected chi connectivity index (χ3v) is 4.63. The van der Waals surface area contributed by atoms with E-state index in [1.807, 2.05) is 0 Å². The van der Waals surface area contributed by atoms with Crippen LogP contribution in [-0.4, -0.2) is 9.19 Å². The molecule has 18 heavy (non-hydrogen) atoms. The van der Waals surface area contributed by atoms with E-state index in [1.165, 1.54) is 6.26 Å². The first kappa shape index (κ1) is 13.3. The molecule has 0 aromatic carbocycles. The number of halogens is 3. The number of aromatic nitrogens is 1. The highest BCUT2D eigenvalue weighted by Gasteiger charge is 2.33. The summed E-state index contributed by atoms with van der Waals surface area (Å²) in [5.74, 6) is 0.460. The Morgan fingerprint density at radius 3 is 2.72 bits per heavy atom. The molecule has 0 amide bonds. The molecule has 0 fully saturated rings. The second kappa shape index (κ2) is 4.85. The Morgan fingerprint density at radius 2 is 2.22 bits per heavy atom. The molecule has 0 saturated heterocycles. The lowest BCUT2D eigenvalue weighted by atomic mass is 10.5. The smallest absolute Gasteiger partial charge is 0.434 e. The Balaban J connectivity index is 2.13. The van der Waals surface area contributed by atoms with Gasteiger partial charge in [-0.1, -0.05) is 0 Å². The van der Waals surface area contributed by atoms with E-state index in [0.29, 0.717) is 10.7 Å². The van der Waals surface area contributed by atoms with E-state index in [9.17, 15) is 17.4 Å². The SMILES string of the molecule is Cc1occc1[S@@](=O)Cc1nc(C(F)(F)F)cs1. The van der Waals surface area contributed by atoms with Crippen LogP contribution in [0.1, 0.15) is 16.5 Å². The number of furan rings is 1. The number of alkyl halides is 3. The van der Waals surface area contributed by atoms with E-state index in [1.54, 1.807) is 13.0 Å². The summed E-state index contributed by atoms with van der Waals surface area (Å²) in [6.45, 7) is 1.65. The van der Waals surface area contributed by atoms with Crippen molar-refractivity contribution < 1.29 is 21.8 Å². The number of hydrogen-bond donors (Lipinski definition) is 0. The van der Waals surface area contributed by atoms with Crippen molar-refractivity contribution in [2.45, 2.75) is 23.7 Å². The summed E-state index contributed by atoms with van der Waals surface area (Å²) in [7, 11) is -1.44. The zero-order valence-corrected chi connectivity index (χ0v) is 10.8. The fourth-order valence-electron chi connectivity index (χ4n) is 1.31. The lowest BCUT2D eigenvalue weighted by molar-refractivity contribution is -0.140. The molecule has 3 nitrogen and oxygen atoms in total. The predicted octanol–water partition coefficient (Wildman–Crippen LogP) is 3.37. The molecular formula is C10H8F3NO2S2. The molecule has 0 radical (unpaired) electrons. The van der Waals surface area contributed by atoms with Crippen LogP contribution in [0.2, 0.25) is 0 Å². The summed E-state index contributed by atoms with van der Waals surface area (Å²) in [6.07, 6.45) is -3.06. The van der Waals surface area contributed by atoms with Crippen molar-refractivity contribution in [1.29, 1.82) is 0 Å². The zero-order valence-electron chi connectivity index (χ0n) is 9.15. The molecule has 2 aromatic heterocycles. The summed E-state index contributed by atoms with van der Waals surface area (Å²) < 4.78 is 53.9. The third-order valence-electron chi connectivity index (χ3n) is 2.15. The van der Waals surface area contributed by atoms with Crippen molar-refractivity contribution in [2.75, 3.05) is 0 Å². The van der Waals surface area contributed by atoms with Crippen molar-refractivity contribution in [3.05, 3.63) is 34.2 Å². The lowest BCUT2D eigenvalue weighted by Crippen LogP contribution is -2.06. The van der Waals surface area contributed by atoms with Gasteiger partial charge in [0, 0.05) is 5.38 Å². The number of thiazole rings is 1. The van der Waals surface area contributed by atoms with Gasteiger partial charge in [-0.05, 0) is 13.0 Å². The zero-order chi connectivity index (χ0) is 13.3. The van der Waals surface area contributed by atoms with E-state index in [2.05, 4.69) is 4.98 Å². The van der Waals surface area contributed by atoms with Crippen molar-refractivity contribution in [3.63, 3.8) is 0 Å². The minimum absolute atomic E-state index is 0.0406. The van der Waals surface area contributed by atoms with Crippen LogP contribution >= 0.6 is 11.3 Å². The topological polar surface area (TPSA) is 43.1 Å². The van der Waals surface area contributed by atoms with Gasteiger partial charge >= 0.3 is 6.18 Å². The maximum Gasteiger partial charge on any atom is 0.434 e. The molecule has 0 saturated carbocycles. The molecule has 0 spiro atoms. The van der Waals surface area contributed by atoms with Crippen molar-refractivity contribution in [1.82, 2.24) is 4.98 Å². The maximum absolute atomic E-state index is 12.3. The van der Waals surface area contributed by atoms with E-state index in [-0.39, 0.29) is 10.8 Å².